The van der Waals surface area contributed by atoms with Crippen molar-refractivity contribution >= 4 is 11.9 Å². The fourth-order valence-corrected chi connectivity index (χ4v) is 1.38. The van der Waals surface area contributed by atoms with Crippen molar-refractivity contribution in [1.82, 2.24) is 10.4 Å². The molecule has 14 heavy (non-hydrogen) atoms. The van der Waals surface area contributed by atoms with Crippen molar-refractivity contribution in [2.24, 2.45) is 5.41 Å². The van der Waals surface area contributed by atoms with Gasteiger partial charge in [0, 0.05) is 19.5 Å². The van der Waals surface area contributed by atoms with E-state index in [0.29, 0.717) is 13.0 Å². The van der Waals surface area contributed by atoms with Crippen molar-refractivity contribution in [2.45, 2.75) is 26.7 Å². The van der Waals surface area contributed by atoms with Gasteiger partial charge in [0.05, 0.1) is 5.41 Å². The zero-order valence-electron chi connectivity index (χ0n) is 8.54. The highest BCUT2D eigenvalue weighted by atomic mass is 16.4. The maximum Gasteiger partial charge on any atom is 0.310 e. The molecule has 1 amide bonds. The Labute approximate surface area is 83.1 Å². The molecule has 5 heteroatoms. The van der Waals surface area contributed by atoms with Gasteiger partial charge in [-0.3, -0.25) is 15.0 Å². The summed E-state index contributed by atoms with van der Waals surface area (Å²) in [6.07, 6.45) is 1.32. The number of carboxylic acid groups (broad SMARTS) is 1. The highest BCUT2D eigenvalue weighted by molar-refractivity contribution is 5.76. The second kappa shape index (κ2) is 3.96. The number of carboxylic acids is 1. The molecule has 1 heterocycles. The first kappa shape index (κ1) is 11.0. The van der Waals surface area contributed by atoms with Gasteiger partial charge in [0.15, 0.2) is 0 Å². The molecule has 0 aromatic heterocycles. The molecule has 0 radical (unpaired) electrons. The lowest BCUT2D eigenvalue weighted by atomic mass is 9.93. The van der Waals surface area contributed by atoms with Gasteiger partial charge in [-0.1, -0.05) is 0 Å². The van der Waals surface area contributed by atoms with Crippen LogP contribution in [0, 0.1) is 5.41 Å². The zero-order valence-corrected chi connectivity index (χ0v) is 8.54. The Bertz CT molecular complexity index is 250. The van der Waals surface area contributed by atoms with E-state index in [9.17, 15) is 9.59 Å². The molecule has 0 spiro atoms. The topological polar surface area (TPSA) is 69.6 Å². The summed E-state index contributed by atoms with van der Waals surface area (Å²) in [5.41, 5.74) is 1.83. The summed E-state index contributed by atoms with van der Waals surface area (Å²) in [6, 6.07) is 0. The van der Waals surface area contributed by atoms with Crippen LogP contribution < -0.4 is 5.43 Å². The number of hydrogen-bond acceptors (Lipinski definition) is 3. The van der Waals surface area contributed by atoms with Crippen molar-refractivity contribution in [1.29, 1.82) is 0 Å². The van der Waals surface area contributed by atoms with Crippen LogP contribution in [-0.2, 0) is 9.59 Å². The van der Waals surface area contributed by atoms with E-state index < -0.39 is 11.4 Å². The predicted molar refractivity (Wildman–Crippen MR) is 50.4 cm³/mol. The van der Waals surface area contributed by atoms with Crippen molar-refractivity contribution in [2.75, 3.05) is 13.1 Å². The third-order valence-electron chi connectivity index (χ3n) is 2.28. The van der Waals surface area contributed by atoms with E-state index in [-0.39, 0.29) is 5.91 Å². The van der Waals surface area contributed by atoms with Gasteiger partial charge in [-0.2, -0.15) is 0 Å². The van der Waals surface area contributed by atoms with Gasteiger partial charge in [0.1, 0.15) is 0 Å². The number of carbonyl (C=O) groups is 2. The molecule has 0 saturated carbocycles. The van der Waals surface area contributed by atoms with Crippen LogP contribution in [0.3, 0.4) is 0 Å². The second-order valence-corrected chi connectivity index (χ2v) is 4.25. The van der Waals surface area contributed by atoms with Crippen LogP contribution >= 0.6 is 0 Å². The van der Waals surface area contributed by atoms with E-state index in [2.05, 4.69) is 5.43 Å². The molecule has 1 rings (SSSR count). The lowest BCUT2D eigenvalue weighted by Gasteiger charge is -2.32. The summed E-state index contributed by atoms with van der Waals surface area (Å²) < 4.78 is 0. The summed E-state index contributed by atoms with van der Waals surface area (Å²) >= 11 is 0. The number of carbonyl (C=O) groups excluding carboxylic acids is 1. The molecule has 0 aromatic carbocycles. The van der Waals surface area contributed by atoms with Gasteiger partial charge in [-0.15, -0.1) is 0 Å². The quantitative estimate of drug-likeness (QED) is 0.684. The molecule has 80 valence electrons. The summed E-state index contributed by atoms with van der Waals surface area (Å²) in [7, 11) is 0. The number of hydrogen-bond donors (Lipinski definition) is 2. The lowest BCUT2D eigenvalue weighted by molar-refractivity contribution is -0.150. The minimum Gasteiger partial charge on any atom is -0.481 e. The van der Waals surface area contributed by atoms with Crippen LogP contribution in [0.4, 0.5) is 0 Å². The second-order valence-electron chi connectivity index (χ2n) is 4.25. The summed E-state index contributed by atoms with van der Waals surface area (Å²) in [5.74, 6) is -0.880. The van der Waals surface area contributed by atoms with Gasteiger partial charge < -0.3 is 5.11 Å². The van der Waals surface area contributed by atoms with E-state index in [0.717, 1.165) is 13.0 Å². The number of nitrogens with zero attached hydrogens (tertiary/aromatic N) is 1. The van der Waals surface area contributed by atoms with Gasteiger partial charge in [-0.05, 0) is 20.3 Å². The van der Waals surface area contributed by atoms with Crippen LogP contribution in [-0.4, -0.2) is 35.1 Å². The predicted octanol–water partition coefficient (Wildman–Crippen LogP) is 0.224. The fraction of sp³-hybridized carbons (Fsp3) is 0.778. The Balaban J connectivity index is 2.51. The van der Waals surface area contributed by atoms with E-state index >= 15 is 0 Å². The van der Waals surface area contributed by atoms with Gasteiger partial charge in [0.2, 0.25) is 5.91 Å². The SMILES string of the molecule is CC(C)(CN1CCCC(=O)N1)C(=O)O. The van der Waals surface area contributed by atoms with Crippen LogP contribution in [0.2, 0.25) is 0 Å². The monoisotopic (exact) mass is 200 g/mol. The van der Waals surface area contributed by atoms with Crippen LogP contribution in [0.1, 0.15) is 26.7 Å². The Kier molecular flexibility index (Phi) is 3.10. The molecule has 0 unspecified atom stereocenters. The molecule has 1 aliphatic heterocycles. The number of amides is 1. The molecular formula is C9H16N2O3. The van der Waals surface area contributed by atoms with Crippen molar-refractivity contribution in [3.8, 4) is 0 Å². The Morgan fingerprint density at radius 3 is 2.79 bits per heavy atom. The average molecular weight is 200 g/mol. The maximum absolute atomic E-state index is 11.0. The Morgan fingerprint density at radius 2 is 2.29 bits per heavy atom. The minimum absolute atomic E-state index is 0.0301. The largest absolute Gasteiger partial charge is 0.481 e. The highest BCUT2D eigenvalue weighted by Gasteiger charge is 2.31. The molecule has 1 fully saturated rings. The molecule has 0 aliphatic carbocycles. The van der Waals surface area contributed by atoms with E-state index in [1.807, 2.05) is 0 Å². The smallest absolute Gasteiger partial charge is 0.310 e. The highest BCUT2D eigenvalue weighted by Crippen LogP contribution is 2.17. The van der Waals surface area contributed by atoms with E-state index in [4.69, 9.17) is 5.11 Å². The number of aliphatic carboxylic acids is 1. The first-order valence-electron chi connectivity index (χ1n) is 4.70. The molecule has 1 saturated heterocycles. The number of hydrazine groups is 1. The Hall–Kier alpha value is -1.10. The normalized spacial score (nSPS) is 19.1. The summed E-state index contributed by atoms with van der Waals surface area (Å²) in [6.45, 7) is 4.36. The van der Waals surface area contributed by atoms with E-state index in [1.54, 1.807) is 18.9 Å². The first-order valence-corrected chi connectivity index (χ1v) is 4.70. The lowest BCUT2D eigenvalue weighted by Crippen LogP contribution is -2.51. The number of nitrogens with one attached hydrogen (secondary N) is 1. The minimum atomic E-state index is -0.850. The van der Waals surface area contributed by atoms with Crippen molar-refractivity contribution in [3.63, 3.8) is 0 Å². The van der Waals surface area contributed by atoms with E-state index in [1.165, 1.54) is 0 Å². The zero-order chi connectivity index (χ0) is 10.8. The van der Waals surface area contributed by atoms with Crippen LogP contribution in [0.5, 0.6) is 0 Å². The molecule has 5 nitrogen and oxygen atoms in total. The third-order valence-corrected chi connectivity index (χ3v) is 2.28. The summed E-state index contributed by atoms with van der Waals surface area (Å²) in [4.78, 5) is 21.9. The maximum atomic E-state index is 11.0. The molecule has 1 aliphatic rings. The molecule has 0 aromatic rings. The molecule has 0 atom stereocenters. The van der Waals surface area contributed by atoms with Crippen LogP contribution in [0.15, 0.2) is 0 Å². The van der Waals surface area contributed by atoms with Gasteiger partial charge in [0.25, 0.3) is 0 Å². The average Bonchev–Trinajstić information content (AvgIpc) is 2.02. The summed E-state index contributed by atoms with van der Waals surface area (Å²) in [5, 5.41) is 10.6. The molecule has 2 N–H and O–H groups in total. The van der Waals surface area contributed by atoms with Crippen LogP contribution in [0.25, 0.3) is 0 Å². The Morgan fingerprint density at radius 1 is 1.64 bits per heavy atom. The van der Waals surface area contributed by atoms with Crippen molar-refractivity contribution in [3.05, 3.63) is 0 Å². The van der Waals surface area contributed by atoms with Gasteiger partial charge in [-0.25, -0.2) is 5.01 Å². The standard InChI is InChI=1S/C9H16N2O3/c1-9(2,8(13)14)6-11-5-3-4-7(12)10-11/h3-6H2,1-2H3,(H,10,12)(H,13,14). The van der Waals surface area contributed by atoms with Gasteiger partial charge >= 0.3 is 5.97 Å². The number of rotatable bonds is 3. The van der Waals surface area contributed by atoms with Crippen molar-refractivity contribution < 1.29 is 14.7 Å². The first-order chi connectivity index (χ1) is 6.42. The molecule has 0 bridgehead atoms. The molecular weight excluding hydrogens is 184 g/mol. The fourth-order valence-electron chi connectivity index (χ4n) is 1.38. The third kappa shape index (κ3) is 2.70.